The summed E-state index contributed by atoms with van der Waals surface area (Å²) in [6, 6.07) is 0. The lowest BCUT2D eigenvalue weighted by molar-refractivity contribution is -0.0264. The molecule has 0 saturated carbocycles. The molecule has 3 rings (SSSR count). The van der Waals surface area contributed by atoms with Gasteiger partial charge >= 0.3 is 0 Å². The highest BCUT2D eigenvalue weighted by Gasteiger charge is 2.36. The molecule has 2 aliphatic heterocycles. The topological polar surface area (TPSA) is 63.4 Å². The van der Waals surface area contributed by atoms with Crippen LogP contribution in [0.4, 0.5) is 0 Å². The molecular weight excluding hydrogens is 232 g/mol. The fourth-order valence-electron chi connectivity index (χ4n) is 2.60. The maximum absolute atomic E-state index is 5.70. The molecule has 2 unspecified atom stereocenters. The van der Waals surface area contributed by atoms with Crippen molar-refractivity contribution in [3.05, 3.63) is 11.7 Å². The van der Waals surface area contributed by atoms with E-state index < -0.39 is 0 Å². The molecule has 0 spiro atoms. The van der Waals surface area contributed by atoms with E-state index in [4.69, 9.17) is 9.26 Å². The van der Waals surface area contributed by atoms with Crippen molar-refractivity contribution in [2.45, 2.75) is 31.4 Å². The molecule has 0 amide bonds. The van der Waals surface area contributed by atoms with Crippen molar-refractivity contribution in [1.82, 2.24) is 20.4 Å². The van der Waals surface area contributed by atoms with Crippen molar-refractivity contribution >= 4 is 0 Å². The smallest absolute Gasteiger partial charge is 0.246 e. The van der Waals surface area contributed by atoms with Gasteiger partial charge in [-0.1, -0.05) is 5.16 Å². The van der Waals surface area contributed by atoms with Crippen LogP contribution in [0.15, 0.2) is 4.52 Å². The van der Waals surface area contributed by atoms with Crippen molar-refractivity contribution in [2.75, 3.05) is 33.3 Å². The van der Waals surface area contributed by atoms with E-state index in [0.717, 1.165) is 39.1 Å². The van der Waals surface area contributed by atoms with Crippen LogP contribution in [0.25, 0.3) is 0 Å². The first-order chi connectivity index (χ1) is 8.67. The van der Waals surface area contributed by atoms with E-state index >= 15 is 0 Å². The summed E-state index contributed by atoms with van der Waals surface area (Å²) >= 11 is 0. The second-order valence-electron chi connectivity index (χ2n) is 5.44. The van der Waals surface area contributed by atoms with Gasteiger partial charge in [0, 0.05) is 13.1 Å². The molecule has 100 valence electrons. The summed E-state index contributed by atoms with van der Waals surface area (Å²) < 4.78 is 11.1. The Morgan fingerprint density at radius 2 is 2.39 bits per heavy atom. The molecule has 6 heteroatoms. The zero-order valence-electron chi connectivity index (χ0n) is 11.0. The molecule has 2 saturated heterocycles. The van der Waals surface area contributed by atoms with E-state index in [1.54, 1.807) is 0 Å². The Hall–Kier alpha value is -0.980. The first kappa shape index (κ1) is 12.1. The maximum Gasteiger partial charge on any atom is 0.246 e. The van der Waals surface area contributed by atoms with Crippen LogP contribution in [0.2, 0.25) is 0 Å². The molecule has 6 nitrogen and oxygen atoms in total. The largest absolute Gasteiger partial charge is 0.367 e. The summed E-state index contributed by atoms with van der Waals surface area (Å²) in [6.45, 7) is 5.63. The average molecular weight is 252 g/mol. The molecule has 0 aliphatic carbocycles. The van der Waals surface area contributed by atoms with Crippen LogP contribution in [-0.2, 0) is 10.3 Å². The van der Waals surface area contributed by atoms with E-state index in [9.17, 15) is 0 Å². The summed E-state index contributed by atoms with van der Waals surface area (Å²) in [6.07, 6.45) is 2.13. The van der Waals surface area contributed by atoms with Gasteiger partial charge in [0.15, 0.2) is 0 Å². The minimum absolute atomic E-state index is 0.0637. The maximum atomic E-state index is 5.70. The molecule has 2 atom stereocenters. The number of hydrogen-bond donors (Lipinski definition) is 1. The molecule has 0 bridgehead atoms. The zero-order valence-corrected chi connectivity index (χ0v) is 11.0. The Labute approximate surface area is 107 Å². The number of rotatable bonds is 2. The standard InChI is InChI=1S/C12H20N4O2/c1-12(4-3-5-13-12)11-14-10(15-18-11)9-8-16(2)6-7-17-9/h9,13H,3-8H2,1-2H3. The quantitative estimate of drug-likeness (QED) is 0.834. The van der Waals surface area contributed by atoms with Crippen molar-refractivity contribution in [2.24, 2.45) is 0 Å². The van der Waals surface area contributed by atoms with Gasteiger partial charge in [-0.3, -0.25) is 0 Å². The number of ether oxygens (including phenoxy) is 1. The van der Waals surface area contributed by atoms with Gasteiger partial charge in [-0.15, -0.1) is 0 Å². The lowest BCUT2D eigenvalue weighted by Gasteiger charge is -2.27. The van der Waals surface area contributed by atoms with Gasteiger partial charge in [0.25, 0.3) is 0 Å². The average Bonchev–Trinajstić information content (AvgIpc) is 2.98. The Bertz CT molecular complexity index is 414. The van der Waals surface area contributed by atoms with Gasteiger partial charge in [-0.25, -0.2) is 0 Å². The predicted octanol–water partition coefficient (Wildman–Crippen LogP) is 0.671. The second-order valence-corrected chi connectivity index (χ2v) is 5.44. The number of hydrogen-bond acceptors (Lipinski definition) is 6. The van der Waals surface area contributed by atoms with E-state index in [1.807, 2.05) is 0 Å². The minimum Gasteiger partial charge on any atom is -0.367 e. The summed E-state index contributed by atoms with van der Waals surface area (Å²) in [5.74, 6) is 1.36. The van der Waals surface area contributed by atoms with E-state index in [-0.39, 0.29) is 11.6 Å². The van der Waals surface area contributed by atoms with E-state index in [0.29, 0.717) is 11.7 Å². The molecule has 1 aromatic heterocycles. The Morgan fingerprint density at radius 3 is 3.11 bits per heavy atom. The molecule has 2 fully saturated rings. The van der Waals surface area contributed by atoms with E-state index in [1.165, 1.54) is 0 Å². The van der Waals surface area contributed by atoms with Crippen LogP contribution < -0.4 is 5.32 Å². The predicted molar refractivity (Wildman–Crippen MR) is 65.1 cm³/mol. The van der Waals surface area contributed by atoms with Gasteiger partial charge in [0.05, 0.1) is 12.1 Å². The van der Waals surface area contributed by atoms with Crippen molar-refractivity contribution in [1.29, 1.82) is 0 Å². The molecule has 1 aromatic rings. The van der Waals surface area contributed by atoms with Crippen LogP contribution in [0.3, 0.4) is 0 Å². The highest BCUT2D eigenvalue weighted by molar-refractivity contribution is 5.05. The Morgan fingerprint density at radius 1 is 1.50 bits per heavy atom. The fraction of sp³-hybridized carbons (Fsp3) is 0.833. The lowest BCUT2D eigenvalue weighted by atomic mass is 10.0. The number of likely N-dealkylation sites (N-methyl/N-ethyl adjacent to an activating group) is 1. The summed E-state index contributed by atoms with van der Waals surface area (Å²) in [4.78, 5) is 6.75. The third-order valence-corrected chi connectivity index (χ3v) is 3.84. The molecule has 0 aromatic carbocycles. The normalized spacial score (nSPS) is 34.0. The summed E-state index contributed by atoms with van der Waals surface area (Å²) in [5.41, 5.74) is -0.161. The summed E-state index contributed by atoms with van der Waals surface area (Å²) in [7, 11) is 2.08. The fourth-order valence-corrected chi connectivity index (χ4v) is 2.60. The third-order valence-electron chi connectivity index (χ3n) is 3.84. The van der Waals surface area contributed by atoms with Crippen LogP contribution >= 0.6 is 0 Å². The lowest BCUT2D eigenvalue weighted by Crippen LogP contribution is -2.36. The number of nitrogens with one attached hydrogen (secondary N) is 1. The van der Waals surface area contributed by atoms with Crippen molar-refractivity contribution in [3.8, 4) is 0 Å². The highest BCUT2D eigenvalue weighted by Crippen LogP contribution is 2.30. The van der Waals surface area contributed by atoms with Gasteiger partial charge in [-0.05, 0) is 33.4 Å². The Balaban J connectivity index is 1.76. The van der Waals surface area contributed by atoms with Crippen LogP contribution in [0.5, 0.6) is 0 Å². The monoisotopic (exact) mass is 252 g/mol. The summed E-state index contributed by atoms with van der Waals surface area (Å²) in [5, 5.41) is 7.51. The van der Waals surface area contributed by atoms with Gasteiger partial charge < -0.3 is 19.5 Å². The molecule has 2 aliphatic rings. The van der Waals surface area contributed by atoms with Gasteiger partial charge in [-0.2, -0.15) is 4.98 Å². The Kier molecular flexibility index (Phi) is 3.09. The number of nitrogens with zero attached hydrogens (tertiary/aromatic N) is 3. The van der Waals surface area contributed by atoms with Gasteiger partial charge in [0.2, 0.25) is 11.7 Å². The number of aromatic nitrogens is 2. The molecule has 1 N–H and O–H groups in total. The van der Waals surface area contributed by atoms with Crippen LogP contribution in [0.1, 0.15) is 37.6 Å². The zero-order chi connectivity index (χ0) is 12.6. The minimum atomic E-state index is -0.161. The van der Waals surface area contributed by atoms with Gasteiger partial charge in [0.1, 0.15) is 6.10 Å². The third kappa shape index (κ3) is 2.15. The SMILES string of the molecule is CN1CCOC(c2noc(C3(C)CCCN3)n2)C1. The number of morpholine rings is 1. The first-order valence-corrected chi connectivity index (χ1v) is 6.57. The molecule has 18 heavy (non-hydrogen) atoms. The van der Waals surface area contributed by atoms with Crippen LogP contribution in [0, 0.1) is 0 Å². The van der Waals surface area contributed by atoms with Crippen molar-refractivity contribution < 1.29 is 9.26 Å². The molecule has 0 radical (unpaired) electrons. The first-order valence-electron chi connectivity index (χ1n) is 6.57. The van der Waals surface area contributed by atoms with E-state index in [2.05, 4.69) is 34.3 Å². The molecular formula is C12H20N4O2. The van der Waals surface area contributed by atoms with Crippen LogP contribution in [-0.4, -0.2) is 48.3 Å². The second kappa shape index (κ2) is 4.60. The highest BCUT2D eigenvalue weighted by atomic mass is 16.5. The van der Waals surface area contributed by atoms with Crippen molar-refractivity contribution in [3.63, 3.8) is 0 Å². The molecule has 3 heterocycles.